The average Bonchev–Trinajstić information content (AvgIpc) is 3.01. The van der Waals surface area contributed by atoms with Crippen LogP contribution in [-0.4, -0.2) is 41.3 Å². The van der Waals surface area contributed by atoms with Crippen LogP contribution in [0.4, 0.5) is 5.82 Å². The molecule has 0 spiro atoms. The Labute approximate surface area is 176 Å². The molecule has 0 saturated carbocycles. The van der Waals surface area contributed by atoms with Gasteiger partial charge < -0.3 is 10.6 Å². The van der Waals surface area contributed by atoms with Crippen molar-refractivity contribution in [3.8, 4) is 0 Å². The molecule has 2 heterocycles. The zero-order chi connectivity index (χ0) is 22.1. The van der Waals surface area contributed by atoms with Gasteiger partial charge in [-0.25, -0.2) is 13.1 Å². The van der Waals surface area contributed by atoms with E-state index in [1.807, 2.05) is 6.92 Å². The summed E-state index contributed by atoms with van der Waals surface area (Å²) in [6, 6.07) is 8.04. The molecule has 3 rings (SSSR count). The highest BCUT2D eigenvalue weighted by Crippen LogP contribution is 2.19. The zero-order valence-electron chi connectivity index (χ0n) is 17.5. The number of sulfone groups is 1. The minimum absolute atomic E-state index is 0.0163. The highest BCUT2D eigenvalue weighted by molar-refractivity contribution is 7.92. The van der Waals surface area contributed by atoms with Crippen LogP contribution < -0.4 is 16.0 Å². The van der Waals surface area contributed by atoms with Crippen molar-refractivity contribution in [1.29, 1.82) is 0 Å². The van der Waals surface area contributed by atoms with E-state index < -0.39 is 21.4 Å². The second kappa shape index (κ2) is 8.57. The van der Waals surface area contributed by atoms with Crippen LogP contribution >= 0.6 is 0 Å². The molecule has 1 fully saturated rings. The number of carbonyl (C=O) groups excluding carboxylic acids is 2. The Kier molecular flexibility index (Phi) is 6.27. The number of benzene rings is 1. The lowest BCUT2D eigenvalue weighted by atomic mass is 10.1. The van der Waals surface area contributed by atoms with E-state index >= 15 is 0 Å². The third-order valence-electron chi connectivity index (χ3n) is 4.84. The summed E-state index contributed by atoms with van der Waals surface area (Å²) in [6.45, 7) is 6.97. The Morgan fingerprint density at radius 3 is 2.57 bits per heavy atom. The smallest absolute Gasteiger partial charge is 0.229 e. The topological polar surface area (TPSA) is 122 Å². The molecule has 2 aromatic rings. The third-order valence-corrected chi connectivity index (χ3v) is 7.01. The van der Waals surface area contributed by atoms with Crippen LogP contribution in [-0.2, 0) is 25.8 Å². The fourth-order valence-corrected chi connectivity index (χ4v) is 4.30. The highest BCUT2D eigenvalue weighted by Gasteiger charge is 2.26. The Morgan fingerprint density at radius 2 is 1.97 bits per heavy atom. The molecule has 1 aromatic heterocycles. The van der Waals surface area contributed by atoms with E-state index in [1.165, 1.54) is 12.1 Å². The van der Waals surface area contributed by atoms with Crippen LogP contribution in [0.2, 0.25) is 0 Å². The van der Waals surface area contributed by atoms with Crippen molar-refractivity contribution in [3.05, 3.63) is 41.6 Å². The van der Waals surface area contributed by atoms with Crippen molar-refractivity contribution in [2.45, 2.75) is 63.0 Å². The number of anilines is 1. The van der Waals surface area contributed by atoms with Crippen molar-refractivity contribution in [3.63, 3.8) is 0 Å². The second-order valence-electron chi connectivity index (χ2n) is 7.82. The van der Waals surface area contributed by atoms with Crippen molar-refractivity contribution in [2.24, 2.45) is 0 Å². The fourth-order valence-electron chi connectivity index (χ4n) is 3.24. The molecular weight excluding hydrogens is 406 g/mol. The van der Waals surface area contributed by atoms with Crippen LogP contribution in [0.1, 0.15) is 44.7 Å². The van der Waals surface area contributed by atoms with E-state index in [0.29, 0.717) is 23.5 Å². The van der Waals surface area contributed by atoms with Gasteiger partial charge in [0.15, 0.2) is 16.1 Å². The van der Waals surface area contributed by atoms with Gasteiger partial charge >= 0.3 is 0 Å². The standard InChI is InChI=1S/C20H27N5O4S/c1-12(2)30(28,29)16-7-5-15(6-8-16)11-19(27)22-17-9-14(4)24-25(17)20-21-13(3)10-18(26)23-20/h5-9,12-13,20-21H,10-11H2,1-4H3,(H,22,27)(H,23,26). The average molecular weight is 434 g/mol. The van der Waals surface area contributed by atoms with E-state index in [1.54, 1.807) is 43.7 Å². The molecule has 9 nitrogen and oxygen atoms in total. The summed E-state index contributed by atoms with van der Waals surface area (Å²) in [6.07, 6.45) is -0.0978. The molecule has 2 atom stereocenters. The van der Waals surface area contributed by atoms with Crippen molar-refractivity contribution >= 4 is 27.5 Å². The van der Waals surface area contributed by atoms with E-state index in [-0.39, 0.29) is 29.2 Å². The number of carbonyl (C=O) groups is 2. The number of hydrogen-bond acceptors (Lipinski definition) is 6. The van der Waals surface area contributed by atoms with Gasteiger partial charge in [-0.1, -0.05) is 12.1 Å². The molecule has 0 aliphatic carbocycles. The number of rotatable bonds is 6. The van der Waals surface area contributed by atoms with Gasteiger partial charge in [-0.05, 0) is 45.4 Å². The molecule has 2 amide bonds. The molecule has 1 aromatic carbocycles. The van der Waals surface area contributed by atoms with Gasteiger partial charge in [0, 0.05) is 18.5 Å². The molecule has 1 aliphatic rings. The lowest BCUT2D eigenvalue weighted by Gasteiger charge is -2.30. The minimum Gasteiger partial charge on any atom is -0.322 e. The third kappa shape index (κ3) is 4.88. The van der Waals surface area contributed by atoms with E-state index in [4.69, 9.17) is 0 Å². The minimum atomic E-state index is -3.35. The molecular formula is C20H27N5O4S. The van der Waals surface area contributed by atoms with Crippen LogP contribution in [0.25, 0.3) is 0 Å². The molecule has 3 N–H and O–H groups in total. The van der Waals surface area contributed by atoms with E-state index in [9.17, 15) is 18.0 Å². The lowest BCUT2D eigenvalue weighted by Crippen LogP contribution is -2.52. The summed E-state index contributed by atoms with van der Waals surface area (Å²) >= 11 is 0. The maximum atomic E-state index is 12.6. The molecule has 10 heteroatoms. The summed E-state index contributed by atoms with van der Waals surface area (Å²) in [7, 11) is -3.35. The number of nitrogens with one attached hydrogen (secondary N) is 3. The van der Waals surface area contributed by atoms with Gasteiger partial charge in [-0.15, -0.1) is 0 Å². The van der Waals surface area contributed by atoms with Crippen LogP contribution in [0, 0.1) is 6.92 Å². The van der Waals surface area contributed by atoms with E-state index in [2.05, 4.69) is 21.0 Å². The number of aryl methyl sites for hydroxylation is 1. The Balaban J connectivity index is 1.71. The first-order valence-corrected chi connectivity index (χ1v) is 11.3. The van der Waals surface area contributed by atoms with Crippen LogP contribution in [0.3, 0.4) is 0 Å². The van der Waals surface area contributed by atoms with Gasteiger partial charge in [0.2, 0.25) is 11.8 Å². The Bertz CT molecular complexity index is 1040. The number of amides is 2. The predicted octanol–water partition coefficient (Wildman–Crippen LogP) is 1.51. The van der Waals surface area contributed by atoms with Crippen LogP contribution in [0.15, 0.2) is 35.2 Å². The van der Waals surface area contributed by atoms with Gasteiger partial charge in [0.25, 0.3) is 0 Å². The first kappa shape index (κ1) is 22.0. The van der Waals surface area contributed by atoms with Gasteiger partial charge in [-0.3, -0.25) is 14.9 Å². The summed E-state index contributed by atoms with van der Waals surface area (Å²) in [4.78, 5) is 24.7. The number of hydrogen-bond donors (Lipinski definition) is 3. The first-order chi connectivity index (χ1) is 14.1. The molecule has 0 radical (unpaired) electrons. The maximum Gasteiger partial charge on any atom is 0.229 e. The SMILES string of the molecule is Cc1cc(NC(=O)Cc2ccc(S(=O)(=O)C(C)C)cc2)n(C2NC(=O)CC(C)N2)n1. The largest absolute Gasteiger partial charge is 0.322 e. The van der Waals surface area contributed by atoms with Crippen molar-refractivity contribution in [1.82, 2.24) is 20.4 Å². The first-order valence-electron chi connectivity index (χ1n) is 9.80. The lowest BCUT2D eigenvalue weighted by molar-refractivity contribution is -0.125. The number of nitrogens with zero attached hydrogens (tertiary/aromatic N) is 2. The summed E-state index contributed by atoms with van der Waals surface area (Å²) in [5, 5.41) is 12.7. The predicted molar refractivity (Wildman–Crippen MR) is 112 cm³/mol. The van der Waals surface area contributed by atoms with Gasteiger partial charge in [-0.2, -0.15) is 5.10 Å². The Hall–Kier alpha value is -2.72. The van der Waals surface area contributed by atoms with Gasteiger partial charge in [0.05, 0.1) is 22.3 Å². The summed E-state index contributed by atoms with van der Waals surface area (Å²) in [5.41, 5.74) is 1.39. The van der Waals surface area contributed by atoms with Crippen LogP contribution in [0.5, 0.6) is 0 Å². The normalized spacial score (nSPS) is 19.6. The molecule has 2 unspecified atom stereocenters. The monoisotopic (exact) mass is 433 g/mol. The highest BCUT2D eigenvalue weighted by atomic mass is 32.2. The fraction of sp³-hybridized carbons (Fsp3) is 0.450. The number of aromatic nitrogens is 2. The quantitative estimate of drug-likeness (QED) is 0.635. The molecule has 1 aliphatic heterocycles. The summed E-state index contributed by atoms with van der Waals surface area (Å²) < 4.78 is 26.0. The molecule has 162 valence electrons. The van der Waals surface area contributed by atoms with Gasteiger partial charge in [0.1, 0.15) is 5.82 Å². The maximum absolute atomic E-state index is 12.6. The van der Waals surface area contributed by atoms with Crippen molar-refractivity contribution < 1.29 is 18.0 Å². The van der Waals surface area contributed by atoms with Crippen molar-refractivity contribution in [2.75, 3.05) is 5.32 Å². The molecule has 30 heavy (non-hydrogen) atoms. The van der Waals surface area contributed by atoms with E-state index in [0.717, 1.165) is 0 Å². The second-order valence-corrected chi connectivity index (χ2v) is 10.3. The Morgan fingerprint density at radius 1 is 1.30 bits per heavy atom. The molecule has 1 saturated heterocycles. The molecule has 0 bridgehead atoms. The zero-order valence-corrected chi connectivity index (χ0v) is 18.3. The summed E-state index contributed by atoms with van der Waals surface area (Å²) in [5.74, 6) is 0.0994.